The summed E-state index contributed by atoms with van der Waals surface area (Å²) in [5.41, 5.74) is 3.75. The normalized spacial score (nSPS) is 15.0. The van der Waals surface area contributed by atoms with Crippen molar-refractivity contribution in [3.8, 4) is 12.1 Å². The van der Waals surface area contributed by atoms with E-state index in [1.165, 1.54) is 11.8 Å². The first-order chi connectivity index (χ1) is 16.6. The van der Waals surface area contributed by atoms with Crippen LogP contribution in [0.5, 0.6) is 0 Å². The van der Waals surface area contributed by atoms with Crippen molar-refractivity contribution in [2.75, 3.05) is 17.7 Å². The molecule has 0 saturated heterocycles. The number of hydrogen-bond acceptors (Lipinski definition) is 8. The number of fused-ring (bicyclic) bond motifs is 1. The summed E-state index contributed by atoms with van der Waals surface area (Å²) in [5.74, 6) is 0.233. The zero-order valence-electron chi connectivity index (χ0n) is 20.8. The third-order valence-electron chi connectivity index (χ3n) is 6.24. The lowest BCUT2D eigenvalue weighted by Crippen LogP contribution is -2.27. The molecule has 0 aromatic carbocycles. The van der Waals surface area contributed by atoms with E-state index >= 15 is 0 Å². The molecule has 35 heavy (non-hydrogen) atoms. The van der Waals surface area contributed by atoms with E-state index in [0.29, 0.717) is 37.7 Å². The molecule has 2 aromatic heterocycles. The van der Waals surface area contributed by atoms with E-state index < -0.39 is 5.97 Å². The zero-order valence-corrected chi connectivity index (χ0v) is 22.4. The predicted octanol–water partition coefficient (Wildman–Crippen LogP) is 5.64. The Hall–Kier alpha value is -2.88. The van der Waals surface area contributed by atoms with Crippen LogP contribution in [0.2, 0.25) is 0 Å². The van der Waals surface area contributed by atoms with Crippen LogP contribution < -0.4 is 5.32 Å². The molecule has 0 aliphatic heterocycles. The summed E-state index contributed by atoms with van der Waals surface area (Å²) in [6.07, 6.45) is 3.09. The van der Waals surface area contributed by atoms with Gasteiger partial charge in [0, 0.05) is 17.9 Å². The minimum absolute atomic E-state index is 0.178. The van der Waals surface area contributed by atoms with Crippen LogP contribution in [0.25, 0.3) is 0 Å². The lowest BCUT2D eigenvalue weighted by Gasteiger charge is -2.34. The maximum absolute atomic E-state index is 12.6. The molecular formula is C26H30N4O3S2. The Bertz CT molecular complexity index is 1220. The average Bonchev–Trinajstić information content (AvgIpc) is 3.12. The van der Waals surface area contributed by atoms with Crippen LogP contribution in [-0.4, -0.2) is 29.2 Å². The monoisotopic (exact) mass is 510 g/mol. The van der Waals surface area contributed by atoms with Crippen molar-refractivity contribution in [1.82, 2.24) is 4.98 Å². The van der Waals surface area contributed by atoms with Crippen molar-refractivity contribution in [3.63, 3.8) is 0 Å². The largest absolute Gasteiger partial charge is 0.462 e. The van der Waals surface area contributed by atoms with Crippen LogP contribution in [0.4, 0.5) is 5.00 Å². The van der Waals surface area contributed by atoms with Crippen molar-refractivity contribution in [2.45, 2.75) is 65.3 Å². The van der Waals surface area contributed by atoms with Crippen molar-refractivity contribution in [3.05, 3.63) is 38.9 Å². The number of carbonyl (C=O) groups excluding carboxylic acids is 2. The fourth-order valence-corrected chi connectivity index (χ4v) is 6.11. The van der Waals surface area contributed by atoms with Gasteiger partial charge in [0.2, 0.25) is 5.91 Å². The molecule has 0 radical (unpaired) electrons. The van der Waals surface area contributed by atoms with E-state index in [1.54, 1.807) is 13.8 Å². The number of nitriles is 2. The Morgan fingerprint density at radius 2 is 2.06 bits per heavy atom. The van der Waals surface area contributed by atoms with Gasteiger partial charge in [0.25, 0.3) is 0 Å². The lowest BCUT2D eigenvalue weighted by molar-refractivity contribution is -0.115. The van der Waals surface area contributed by atoms with Gasteiger partial charge in [-0.1, -0.05) is 20.8 Å². The van der Waals surface area contributed by atoms with Gasteiger partial charge in [-0.15, -0.1) is 23.1 Å². The summed E-state index contributed by atoms with van der Waals surface area (Å²) in [4.78, 5) is 29.8. The summed E-state index contributed by atoms with van der Waals surface area (Å²) >= 11 is 2.44. The molecule has 1 aliphatic rings. The summed E-state index contributed by atoms with van der Waals surface area (Å²) in [7, 11) is 0. The standard InChI is InChI=1S/C26H30N4O3S2/c1-6-33-25(32)22-15(2)19(14-28)24(35-22)30-21(31)9-10-34-23-17(13-27)11-16-12-18(26(3,4)5)7-8-20(16)29-23/h11,18H,6-10,12H2,1-5H3,(H,30,31). The third kappa shape index (κ3) is 6.22. The molecule has 9 heteroatoms. The van der Waals surface area contributed by atoms with Crippen LogP contribution in [0.3, 0.4) is 0 Å². The van der Waals surface area contributed by atoms with Gasteiger partial charge < -0.3 is 10.1 Å². The van der Waals surface area contributed by atoms with Gasteiger partial charge in [0.15, 0.2) is 0 Å². The number of anilines is 1. The van der Waals surface area contributed by atoms with E-state index in [0.717, 1.165) is 41.9 Å². The Balaban J connectivity index is 1.65. The molecular weight excluding hydrogens is 480 g/mol. The summed E-state index contributed by atoms with van der Waals surface area (Å²) in [6, 6.07) is 6.29. The number of ether oxygens (including phenoxy) is 1. The van der Waals surface area contributed by atoms with Crippen LogP contribution in [0.15, 0.2) is 11.1 Å². The minimum Gasteiger partial charge on any atom is -0.462 e. The highest BCUT2D eigenvalue weighted by Gasteiger charge is 2.30. The number of thioether (sulfide) groups is 1. The number of rotatable bonds is 7. The number of pyridine rings is 1. The van der Waals surface area contributed by atoms with Crippen LogP contribution in [-0.2, 0) is 22.4 Å². The number of nitrogens with zero attached hydrogens (tertiary/aromatic N) is 3. The maximum atomic E-state index is 12.6. The van der Waals surface area contributed by atoms with Gasteiger partial charge in [-0.3, -0.25) is 4.79 Å². The first kappa shape index (κ1) is 26.7. The highest BCUT2D eigenvalue weighted by Crippen LogP contribution is 2.38. The SMILES string of the molecule is CCOC(=O)c1sc(NC(=O)CCSc2nc3c(cc2C#N)CC(C(C)(C)C)CC3)c(C#N)c1C. The van der Waals surface area contributed by atoms with Gasteiger partial charge in [-0.2, -0.15) is 10.5 Å². The van der Waals surface area contributed by atoms with E-state index in [9.17, 15) is 20.1 Å². The Kier molecular flexibility index (Phi) is 8.58. The topological polar surface area (TPSA) is 116 Å². The number of carbonyl (C=O) groups is 2. The molecule has 1 unspecified atom stereocenters. The number of esters is 1. The first-order valence-corrected chi connectivity index (χ1v) is 13.4. The van der Waals surface area contributed by atoms with Gasteiger partial charge in [0.05, 0.1) is 17.7 Å². The average molecular weight is 511 g/mol. The third-order valence-corrected chi connectivity index (χ3v) is 8.42. The number of hydrogen-bond donors (Lipinski definition) is 1. The van der Waals surface area contributed by atoms with Crippen molar-refractivity contribution < 1.29 is 14.3 Å². The highest BCUT2D eigenvalue weighted by molar-refractivity contribution is 7.99. The molecule has 0 saturated carbocycles. The van der Waals surface area contributed by atoms with Crippen LogP contribution in [0.1, 0.15) is 78.2 Å². The molecule has 184 valence electrons. The first-order valence-electron chi connectivity index (χ1n) is 11.6. The van der Waals surface area contributed by atoms with Crippen molar-refractivity contribution >= 4 is 40.0 Å². The summed E-state index contributed by atoms with van der Waals surface area (Å²) < 4.78 is 5.04. The number of nitrogens with one attached hydrogen (secondary N) is 1. The summed E-state index contributed by atoms with van der Waals surface area (Å²) in [6.45, 7) is 10.4. The van der Waals surface area contributed by atoms with Gasteiger partial charge in [-0.25, -0.2) is 9.78 Å². The van der Waals surface area contributed by atoms with E-state index in [2.05, 4.69) is 38.2 Å². The second kappa shape index (κ2) is 11.2. The zero-order chi connectivity index (χ0) is 25.8. The quantitative estimate of drug-likeness (QED) is 0.378. The Labute approximate surface area is 214 Å². The second-order valence-corrected chi connectivity index (χ2v) is 11.7. The molecule has 0 fully saturated rings. The smallest absolute Gasteiger partial charge is 0.348 e. The van der Waals surface area contributed by atoms with Crippen LogP contribution in [0, 0.1) is 40.9 Å². The number of aromatic nitrogens is 1. The number of thiophene rings is 1. The van der Waals surface area contributed by atoms with Gasteiger partial charge in [-0.05, 0) is 61.6 Å². The molecule has 0 bridgehead atoms. The van der Waals surface area contributed by atoms with E-state index in [-0.39, 0.29) is 29.9 Å². The maximum Gasteiger partial charge on any atom is 0.348 e. The molecule has 7 nitrogen and oxygen atoms in total. The molecule has 1 atom stereocenters. The van der Waals surface area contributed by atoms with Crippen molar-refractivity contribution in [2.24, 2.45) is 11.3 Å². The lowest BCUT2D eigenvalue weighted by atomic mass is 9.71. The van der Waals surface area contributed by atoms with E-state index in [4.69, 9.17) is 9.72 Å². The predicted molar refractivity (Wildman–Crippen MR) is 138 cm³/mol. The molecule has 3 rings (SSSR count). The number of amides is 1. The molecule has 2 aromatic rings. The molecule has 2 heterocycles. The van der Waals surface area contributed by atoms with E-state index in [1.807, 2.05) is 6.07 Å². The fourth-order valence-electron chi connectivity index (χ4n) is 4.13. The molecule has 1 N–H and O–H groups in total. The highest BCUT2D eigenvalue weighted by atomic mass is 32.2. The fraction of sp³-hybridized carbons (Fsp3) is 0.500. The Morgan fingerprint density at radius 3 is 2.69 bits per heavy atom. The Morgan fingerprint density at radius 1 is 1.31 bits per heavy atom. The minimum atomic E-state index is -0.501. The van der Waals surface area contributed by atoms with Gasteiger partial charge >= 0.3 is 5.97 Å². The summed E-state index contributed by atoms with van der Waals surface area (Å²) in [5, 5.41) is 22.9. The van der Waals surface area contributed by atoms with Crippen LogP contribution >= 0.6 is 23.1 Å². The number of aryl methyl sites for hydroxylation is 1. The second-order valence-electron chi connectivity index (χ2n) is 9.60. The molecule has 1 amide bonds. The van der Waals surface area contributed by atoms with Crippen molar-refractivity contribution in [1.29, 1.82) is 10.5 Å². The molecule has 1 aliphatic carbocycles. The molecule has 0 spiro atoms. The van der Waals surface area contributed by atoms with Gasteiger partial charge in [0.1, 0.15) is 27.0 Å².